The molecule has 0 amide bonds. The molecule has 1 unspecified atom stereocenters. The van der Waals surface area contributed by atoms with E-state index in [4.69, 9.17) is 33.8 Å². The van der Waals surface area contributed by atoms with Crippen LogP contribution >= 0.6 is 0 Å². The van der Waals surface area contributed by atoms with Crippen molar-refractivity contribution >= 4 is 21.9 Å². The number of ether oxygens (including phenoxy) is 2. The Labute approximate surface area is 652 Å². The van der Waals surface area contributed by atoms with Crippen molar-refractivity contribution in [3.63, 3.8) is 0 Å². The zero-order valence-corrected chi connectivity index (χ0v) is 61.0. The monoisotopic (exact) mass is 1440 g/mol. The van der Waals surface area contributed by atoms with E-state index in [2.05, 4.69) is 370 Å². The first-order valence-electron chi connectivity index (χ1n) is 38.5. The quantitative estimate of drug-likeness (QED) is 0.135. The Bertz CT molecular complexity index is 6980. The lowest BCUT2D eigenvalue weighted by molar-refractivity contribution is 0.437. The van der Waals surface area contributed by atoms with Crippen LogP contribution in [0.2, 0.25) is 0 Å². The predicted molar refractivity (Wildman–Crippen MR) is 454 cm³/mol. The van der Waals surface area contributed by atoms with Crippen LogP contribution in [0.25, 0.3) is 157 Å². The van der Waals surface area contributed by atoms with Gasteiger partial charge in [0.2, 0.25) is 0 Å². The summed E-state index contributed by atoms with van der Waals surface area (Å²) in [5.41, 5.74) is 31.1. The number of aromatic nitrogens is 4. The second kappa shape index (κ2) is 25.3. The van der Waals surface area contributed by atoms with Crippen LogP contribution < -0.4 is 9.47 Å². The van der Waals surface area contributed by atoms with Gasteiger partial charge >= 0.3 is 0 Å². The van der Waals surface area contributed by atoms with E-state index in [1.54, 1.807) is 0 Å². The number of hydrogen-bond donors (Lipinski definition) is 0. The van der Waals surface area contributed by atoms with Crippen LogP contribution in [0.1, 0.15) is 44.5 Å². The van der Waals surface area contributed by atoms with Crippen LogP contribution in [-0.4, -0.2) is 19.9 Å². The molecule has 5 heterocycles. The molecule has 16 aromatic carbocycles. The molecule has 113 heavy (non-hydrogen) atoms. The second-order valence-electron chi connectivity index (χ2n) is 29.7. The molecule has 23 rings (SSSR count). The van der Waals surface area contributed by atoms with Gasteiger partial charge in [-0.2, -0.15) is 0 Å². The molecule has 2 aliphatic heterocycles. The first kappa shape index (κ1) is 64.1. The topological polar surface area (TPSA) is 83.2 Å². The van der Waals surface area contributed by atoms with Gasteiger partial charge in [-0.25, -0.2) is 19.9 Å². The maximum atomic E-state index is 7.46. The summed E-state index contributed by atoms with van der Waals surface area (Å²) in [6, 6.07) is 139. The molecule has 2 spiro atoms. The van der Waals surface area contributed by atoms with Crippen molar-refractivity contribution in [2.24, 2.45) is 0 Å². The van der Waals surface area contributed by atoms with Crippen LogP contribution in [0.5, 0.6) is 23.0 Å². The van der Waals surface area contributed by atoms with Gasteiger partial charge in [-0.05, 0) is 150 Å². The molecule has 19 aromatic rings. The van der Waals surface area contributed by atoms with E-state index in [1.165, 1.54) is 27.8 Å². The van der Waals surface area contributed by atoms with Crippen LogP contribution in [0.3, 0.4) is 0 Å². The van der Waals surface area contributed by atoms with Crippen LogP contribution in [0.15, 0.2) is 393 Å². The summed E-state index contributed by atoms with van der Waals surface area (Å²) in [5.74, 6) is 4.34. The summed E-state index contributed by atoms with van der Waals surface area (Å²) in [6.07, 6.45) is 0. The molecule has 4 aliphatic rings. The predicted octanol–water partition coefficient (Wildman–Crippen LogP) is 26.8. The minimum absolute atomic E-state index is 0.612. The van der Waals surface area contributed by atoms with Gasteiger partial charge in [0.1, 0.15) is 34.2 Å². The fourth-order valence-corrected chi connectivity index (χ4v) is 18.8. The minimum atomic E-state index is -0.837. The molecular weight excluding hydrogens is 1380 g/mol. The molecule has 0 saturated heterocycles. The Hall–Kier alpha value is -14.9. The van der Waals surface area contributed by atoms with Crippen molar-refractivity contribution in [1.82, 2.24) is 19.9 Å². The molecule has 1 atom stereocenters. The molecule has 0 N–H and O–H groups in total. The highest BCUT2D eigenvalue weighted by atomic mass is 16.5. The summed E-state index contributed by atoms with van der Waals surface area (Å²) >= 11 is 0. The number of nitrogens with zero attached hydrogens (tertiary/aromatic N) is 4. The maximum absolute atomic E-state index is 7.46. The lowest BCUT2D eigenvalue weighted by atomic mass is 9.65. The Morgan fingerprint density at radius 1 is 0.204 bits per heavy atom. The van der Waals surface area contributed by atoms with Gasteiger partial charge in [-0.15, -0.1) is 0 Å². The Morgan fingerprint density at radius 2 is 0.602 bits per heavy atom. The average molecular weight is 1440 g/mol. The van der Waals surface area contributed by atoms with Gasteiger partial charge in [0, 0.05) is 72.0 Å². The molecule has 0 saturated carbocycles. The molecule has 7 heteroatoms. The van der Waals surface area contributed by atoms with Crippen LogP contribution in [0, 0.1) is 0 Å². The highest BCUT2D eigenvalue weighted by Gasteiger charge is 2.54. The van der Waals surface area contributed by atoms with Crippen molar-refractivity contribution in [2.45, 2.75) is 10.8 Å². The van der Waals surface area contributed by atoms with E-state index < -0.39 is 10.8 Å². The standard InChI is InChI=1S/C106H64N4O3/c1-4-27-65(28-5-1)70-33-22-35-72(59-70)93-64-95(110-104(108-93)73-36-23-34-71(60-73)66-29-6-2-7-30-66)81-43-26-51-91-102(81)113-98-54-21-18-48-88(98)106(91)86-46-16-12-40-79(86)99-75(41-24-49-89(99)106)74-61-82(100-83(62-74)78-39-13-19-52-96(78)111-100)67-55-57-68(58-56-67)92-63-94(109-103(107-92)69-31-8-3-9-32-69)80-42-25-50-90-101(80)112-97-53-20-17-47-87(97)105(90)84-44-14-10-37-76(84)77-38-11-15-45-85(77)105/h1-64H. The zero-order valence-electron chi connectivity index (χ0n) is 61.0. The Morgan fingerprint density at radius 3 is 1.20 bits per heavy atom. The Kier molecular flexibility index (Phi) is 14.4. The third-order valence-corrected chi connectivity index (χ3v) is 23.7. The first-order chi connectivity index (χ1) is 56.0. The van der Waals surface area contributed by atoms with Gasteiger partial charge in [0.15, 0.2) is 11.6 Å². The van der Waals surface area contributed by atoms with Gasteiger partial charge < -0.3 is 13.9 Å². The van der Waals surface area contributed by atoms with Gasteiger partial charge in [-0.3, -0.25) is 0 Å². The van der Waals surface area contributed by atoms with Crippen molar-refractivity contribution in [3.8, 4) is 158 Å². The van der Waals surface area contributed by atoms with E-state index in [0.29, 0.717) is 11.6 Å². The Balaban J connectivity index is 0.673. The van der Waals surface area contributed by atoms with Crippen LogP contribution in [-0.2, 0) is 10.8 Å². The number of fused-ring (bicyclic) bond motifs is 21. The first-order valence-corrected chi connectivity index (χ1v) is 38.5. The highest BCUT2D eigenvalue weighted by Crippen LogP contribution is 2.66. The van der Waals surface area contributed by atoms with E-state index in [9.17, 15) is 0 Å². The van der Waals surface area contributed by atoms with Gasteiger partial charge in [0.05, 0.1) is 33.6 Å². The molecule has 0 bridgehead atoms. The van der Waals surface area contributed by atoms with Crippen molar-refractivity contribution in [1.29, 1.82) is 0 Å². The molecule has 526 valence electrons. The summed E-state index contributed by atoms with van der Waals surface area (Å²) < 4.78 is 21.7. The fourth-order valence-electron chi connectivity index (χ4n) is 18.8. The summed E-state index contributed by atoms with van der Waals surface area (Å²) in [6.45, 7) is 0. The van der Waals surface area contributed by atoms with E-state index >= 15 is 0 Å². The number of furan rings is 1. The molecule has 0 fully saturated rings. The van der Waals surface area contributed by atoms with E-state index in [1.807, 2.05) is 18.2 Å². The lowest BCUT2D eigenvalue weighted by Crippen LogP contribution is -2.32. The van der Waals surface area contributed by atoms with Crippen molar-refractivity contribution in [2.75, 3.05) is 0 Å². The smallest absolute Gasteiger partial charge is 0.160 e. The van der Waals surface area contributed by atoms with Crippen molar-refractivity contribution < 1.29 is 13.9 Å². The van der Waals surface area contributed by atoms with E-state index in [0.717, 1.165) is 185 Å². The number of benzene rings is 16. The highest BCUT2D eigenvalue weighted by molar-refractivity contribution is 6.12. The molecule has 2 aliphatic carbocycles. The number of para-hydroxylation sites is 5. The second-order valence-corrected chi connectivity index (χ2v) is 29.7. The number of rotatable bonds is 10. The van der Waals surface area contributed by atoms with Gasteiger partial charge in [0.25, 0.3) is 0 Å². The third-order valence-electron chi connectivity index (χ3n) is 23.7. The lowest BCUT2D eigenvalue weighted by Gasteiger charge is -2.40. The normalized spacial score (nSPS) is 14.1. The molecule has 3 aromatic heterocycles. The third kappa shape index (κ3) is 9.81. The minimum Gasteiger partial charge on any atom is -0.456 e. The molecule has 0 radical (unpaired) electrons. The maximum Gasteiger partial charge on any atom is 0.160 e. The molecular formula is C106H64N4O3. The molecule has 7 nitrogen and oxygen atoms in total. The zero-order chi connectivity index (χ0) is 74.3. The van der Waals surface area contributed by atoms with Gasteiger partial charge in [-0.1, -0.05) is 322 Å². The summed E-state index contributed by atoms with van der Waals surface area (Å²) in [7, 11) is 0. The summed E-state index contributed by atoms with van der Waals surface area (Å²) in [4.78, 5) is 21.9. The fraction of sp³-hybridized carbons (Fsp3) is 0.0189. The largest absolute Gasteiger partial charge is 0.456 e. The summed E-state index contributed by atoms with van der Waals surface area (Å²) in [5, 5.41) is 2.07. The SMILES string of the molecule is c1ccc(-c2cccc(-c3cc(-c4cccc5c4Oc4ccccc4C54c5ccccc5-c5c(-c6cc(-c7ccc(-c8cc(-c9cccc%10c9Oc9ccccc9C%109c%10ccccc%10-c%10ccccc%109)nc(-c9ccccc9)n8)cc7)c7oc8ccccc8c7c6)cccc54)nc(-c4cccc(-c5ccccc5)c4)n3)c2)cc1. The van der Waals surface area contributed by atoms with E-state index in [-0.39, 0.29) is 0 Å². The average Bonchev–Trinajstić information content (AvgIpc) is 1.53. The van der Waals surface area contributed by atoms with Crippen LogP contribution in [0.4, 0.5) is 0 Å². The van der Waals surface area contributed by atoms with Crippen molar-refractivity contribution in [3.05, 3.63) is 433 Å². The number of hydrogen-bond acceptors (Lipinski definition) is 7.